The number of rotatable bonds is 3. The number of nitrogens with zero attached hydrogens (tertiary/aromatic N) is 2. The third-order valence-corrected chi connectivity index (χ3v) is 3.45. The van der Waals surface area contributed by atoms with Crippen molar-refractivity contribution in [3.63, 3.8) is 0 Å². The summed E-state index contributed by atoms with van der Waals surface area (Å²) in [6.07, 6.45) is 5.13. The molecule has 0 spiro atoms. The van der Waals surface area contributed by atoms with E-state index in [9.17, 15) is 4.79 Å². The number of aromatic nitrogens is 1. The van der Waals surface area contributed by atoms with Crippen molar-refractivity contribution in [3.05, 3.63) is 16.6 Å². The Labute approximate surface area is 87.8 Å². The molecule has 0 bridgehead atoms. The van der Waals surface area contributed by atoms with Crippen molar-refractivity contribution >= 4 is 17.2 Å². The molecule has 1 fully saturated rings. The molecule has 0 aromatic carbocycles. The predicted molar refractivity (Wildman–Crippen MR) is 55.9 cm³/mol. The molecule has 0 N–H and O–H groups in total. The van der Waals surface area contributed by atoms with Gasteiger partial charge >= 0.3 is 0 Å². The molecule has 14 heavy (non-hydrogen) atoms. The zero-order valence-electron chi connectivity index (χ0n) is 8.27. The average Bonchev–Trinajstić information content (AvgIpc) is 2.53. The molecule has 1 aliphatic carbocycles. The summed E-state index contributed by atoms with van der Waals surface area (Å²) in [4.78, 5) is 17.7. The maximum atomic E-state index is 11.8. The smallest absolute Gasteiger partial charge is 0.225 e. The van der Waals surface area contributed by atoms with E-state index in [0.29, 0.717) is 12.5 Å². The highest BCUT2D eigenvalue weighted by Crippen LogP contribution is 2.28. The maximum absolute atomic E-state index is 11.8. The van der Waals surface area contributed by atoms with Crippen molar-refractivity contribution in [2.24, 2.45) is 5.92 Å². The first kappa shape index (κ1) is 9.65. The third-order valence-electron chi connectivity index (χ3n) is 2.69. The second kappa shape index (κ2) is 4.09. The molecule has 1 heterocycles. The van der Waals surface area contributed by atoms with E-state index in [1.165, 1.54) is 6.42 Å². The Bertz CT molecular complexity index is 306. The minimum Gasteiger partial charge on any atom is -0.339 e. The molecule has 76 valence electrons. The maximum Gasteiger partial charge on any atom is 0.225 e. The Hall–Kier alpha value is -0.900. The lowest BCUT2D eigenvalue weighted by Crippen LogP contribution is -2.35. The highest BCUT2D eigenvalue weighted by molar-refractivity contribution is 7.09. The van der Waals surface area contributed by atoms with Gasteiger partial charge in [-0.2, -0.15) is 0 Å². The van der Waals surface area contributed by atoms with Crippen molar-refractivity contribution in [3.8, 4) is 0 Å². The van der Waals surface area contributed by atoms with Crippen LogP contribution in [0.3, 0.4) is 0 Å². The van der Waals surface area contributed by atoms with Crippen molar-refractivity contribution < 1.29 is 4.79 Å². The molecule has 0 saturated heterocycles. The van der Waals surface area contributed by atoms with Crippen LogP contribution in [-0.4, -0.2) is 22.8 Å². The summed E-state index contributed by atoms with van der Waals surface area (Å²) in [5.74, 6) is 0.575. The zero-order valence-corrected chi connectivity index (χ0v) is 9.09. The lowest BCUT2D eigenvalue weighted by atomic mass is 9.84. The molecule has 1 aliphatic rings. The Balaban J connectivity index is 1.88. The van der Waals surface area contributed by atoms with Crippen LogP contribution >= 0.6 is 11.3 Å². The van der Waals surface area contributed by atoms with Crippen LogP contribution in [0.2, 0.25) is 0 Å². The monoisotopic (exact) mass is 210 g/mol. The van der Waals surface area contributed by atoms with Gasteiger partial charge in [-0.15, -0.1) is 11.3 Å². The van der Waals surface area contributed by atoms with Gasteiger partial charge in [-0.1, -0.05) is 6.42 Å². The highest BCUT2D eigenvalue weighted by Gasteiger charge is 2.27. The molecule has 1 amide bonds. The van der Waals surface area contributed by atoms with Crippen LogP contribution in [0.25, 0.3) is 0 Å². The van der Waals surface area contributed by atoms with E-state index in [0.717, 1.165) is 17.8 Å². The van der Waals surface area contributed by atoms with Gasteiger partial charge in [0.25, 0.3) is 0 Å². The van der Waals surface area contributed by atoms with Crippen LogP contribution < -0.4 is 0 Å². The molecule has 1 aromatic rings. The third kappa shape index (κ3) is 1.95. The summed E-state index contributed by atoms with van der Waals surface area (Å²) in [5, 5.41) is 2.96. The first-order valence-electron chi connectivity index (χ1n) is 4.90. The molecule has 0 unspecified atom stereocenters. The highest BCUT2D eigenvalue weighted by atomic mass is 32.1. The van der Waals surface area contributed by atoms with Crippen molar-refractivity contribution in [1.82, 2.24) is 9.88 Å². The molecule has 1 saturated carbocycles. The van der Waals surface area contributed by atoms with Crippen molar-refractivity contribution in [2.75, 3.05) is 7.05 Å². The van der Waals surface area contributed by atoms with Crippen LogP contribution in [0.4, 0.5) is 0 Å². The topological polar surface area (TPSA) is 33.2 Å². The van der Waals surface area contributed by atoms with E-state index in [4.69, 9.17) is 0 Å². The van der Waals surface area contributed by atoms with Crippen LogP contribution in [0, 0.1) is 5.92 Å². The molecular formula is C10H14N2OS. The number of hydrogen-bond donors (Lipinski definition) is 0. The Kier molecular flexibility index (Phi) is 2.82. The minimum atomic E-state index is 0.284. The molecule has 0 aliphatic heterocycles. The van der Waals surface area contributed by atoms with Gasteiger partial charge in [0.05, 0.1) is 6.54 Å². The van der Waals surface area contributed by atoms with Crippen LogP contribution in [0.15, 0.2) is 11.6 Å². The number of carbonyl (C=O) groups excluding carboxylic acids is 1. The molecule has 2 rings (SSSR count). The summed E-state index contributed by atoms with van der Waals surface area (Å²) in [5.41, 5.74) is 0. The molecule has 3 nitrogen and oxygen atoms in total. The van der Waals surface area contributed by atoms with Crippen molar-refractivity contribution in [1.29, 1.82) is 0 Å². The fourth-order valence-electron chi connectivity index (χ4n) is 1.58. The largest absolute Gasteiger partial charge is 0.339 e. The van der Waals surface area contributed by atoms with Gasteiger partial charge in [0, 0.05) is 24.5 Å². The van der Waals surface area contributed by atoms with Gasteiger partial charge in [-0.3, -0.25) is 4.79 Å². The van der Waals surface area contributed by atoms with Gasteiger partial charge in [0.1, 0.15) is 5.01 Å². The van der Waals surface area contributed by atoms with Gasteiger partial charge in [-0.25, -0.2) is 4.98 Å². The lowest BCUT2D eigenvalue weighted by molar-refractivity contribution is -0.137. The van der Waals surface area contributed by atoms with E-state index >= 15 is 0 Å². The van der Waals surface area contributed by atoms with E-state index < -0.39 is 0 Å². The van der Waals surface area contributed by atoms with Crippen LogP contribution in [0.5, 0.6) is 0 Å². The lowest BCUT2D eigenvalue weighted by Gasteiger charge is -2.28. The first-order chi connectivity index (χ1) is 6.77. The summed E-state index contributed by atoms with van der Waals surface area (Å²) in [6.45, 7) is 0.660. The second-order valence-electron chi connectivity index (χ2n) is 3.75. The molecule has 0 radical (unpaired) electrons. The standard InChI is InChI=1S/C10H14N2OS/c1-12(7-9-11-5-6-14-9)10(13)8-3-2-4-8/h5-6,8H,2-4,7H2,1H3. The Morgan fingerprint density at radius 3 is 3.00 bits per heavy atom. The minimum absolute atomic E-state index is 0.284. The summed E-state index contributed by atoms with van der Waals surface area (Å²) in [6, 6.07) is 0. The Morgan fingerprint density at radius 2 is 2.50 bits per heavy atom. The number of amides is 1. The zero-order chi connectivity index (χ0) is 9.97. The SMILES string of the molecule is CN(Cc1nccs1)C(=O)C1CCC1. The quantitative estimate of drug-likeness (QED) is 0.763. The predicted octanol–water partition coefficient (Wildman–Crippen LogP) is 1.90. The average molecular weight is 210 g/mol. The fraction of sp³-hybridized carbons (Fsp3) is 0.600. The molecule has 0 atom stereocenters. The van der Waals surface area contributed by atoms with E-state index in [2.05, 4.69) is 4.98 Å². The van der Waals surface area contributed by atoms with Gasteiger partial charge in [0.15, 0.2) is 0 Å². The van der Waals surface area contributed by atoms with Gasteiger partial charge in [0.2, 0.25) is 5.91 Å². The van der Waals surface area contributed by atoms with Crippen molar-refractivity contribution in [2.45, 2.75) is 25.8 Å². The Morgan fingerprint density at radius 1 is 1.71 bits per heavy atom. The van der Waals surface area contributed by atoms with E-state index in [-0.39, 0.29) is 5.91 Å². The fourth-order valence-corrected chi connectivity index (χ4v) is 2.25. The second-order valence-corrected chi connectivity index (χ2v) is 4.73. The molecule has 4 heteroatoms. The van der Waals surface area contributed by atoms with E-state index in [1.54, 1.807) is 22.4 Å². The van der Waals surface area contributed by atoms with Gasteiger partial charge < -0.3 is 4.90 Å². The summed E-state index contributed by atoms with van der Waals surface area (Å²) < 4.78 is 0. The number of thiazole rings is 1. The van der Waals surface area contributed by atoms with Crippen LogP contribution in [0.1, 0.15) is 24.3 Å². The normalized spacial score (nSPS) is 16.4. The van der Waals surface area contributed by atoms with E-state index in [1.807, 2.05) is 12.4 Å². The van der Waals surface area contributed by atoms with Crippen LogP contribution in [-0.2, 0) is 11.3 Å². The van der Waals surface area contributed by atoms with Gasteiger partial charge in [-0.05, 0) is 12.8 Å². The summed E-state index contributed by atoms with van der Waals surface area (Å²) in [7, 11) is 1.86. The molecule has 1 aromatic heterocycles. The number of carbonyl (C=O) groups is 1. The summed E-state index contributed by atoms with van der Waals surface area (Å²) >= 11 is 1.60. The number of hydrogen-bond acceptors (Lipinski definition) is 3. The first-order valence-corrected chi connectivity index (χ1v) is 5.78. The molecular weight excluding hydrogens is 196 g/mol.